The Morgan fingerprint density at radius 3 is 2.30 bits per heavy atom. The zero-order valence-corrected chi connectivity index (χ0v) is 16.9. The quantitative estimate of drug-likeness (QED) is 0.257. The maximum atomic E-state index is 4.04. The Labute approximate surface area is 151 Å². The number of unbranched alkanes of at least 4 members (excludes halogenated alkanes) is 5. The summed E-state index contributed by atoms with van der Waals surface area (Å²) in [4.78, 5) is 0. The number of dihydropyridines is 1. The summed E-state index contributed by atoms with van der Waals surface area (Å²) >= 11 is 4.04. The van der Waals surface area contributed by atoms with Crippen molar-refractivity contribution < 1.29 is 0 Å². The van der Waals surface area contributed by atoms with Gasteiger partial charge in [0.1, 0.15) is 0 Å². The van der Waals surface area contributed by atoms with Crippen molar-refractivity contribution in [1.82, 2.24) is 5.32 Å². The van der Waals surface area contributed by atoms with Crippen LogP contribution < -0.4 is 5.32 Å². The summed E-state index contributed by atoms with van der Waals surface area (Å²) in [6, 6.07) is 0.324. The molecule has 0 saturated carbocycles. The second-order valence-electron chi connectivity index (χ2n) is 5.01. The van der Waals surface area contributed by atoms with E-state index in [9.17, 15) is 0 Å². The van der Waals surface area contributed by atoms with Crippen LogP contribution in [0.2, 0.25) is 0 Å². The van der Waals surface area contributed by atoms with Gasteiger partial charge < -0.3 is 5.32 Å². The third-order valence-corrected chi connectivity index (χ3v) is 3.49. The minimum Gasteiger partial charge on any atom is -0.381 e. The first-order valence-electron chi connectivity index (χ1n) is 9.47. The van der Waals surface area contributed by atoms with Gasteiger partial charge in [-0.15, -0.1) is 0 Å². The summed E-state index contributed by atoms with van der Waals surface area (Å²) in [5.41, 5.74) is 1.46. The van der Waals surface area contributed by atoms with Gasteiger partial charge in [-0.3, -0.25) is 0 Å². The van der Waals surface area contributed by atoms with E-state index in [2.05, 4.69) is 49.3 Å². The first kappa shape index (κ1) is 24.4. The zero-order chi connectivity index (χ0) is 17.8. The molecule has 1 atom stereocenters. The molecule has 2 heteroatoms. The van der Waals surface area contributed by atoms with Crippen molar-refractivity contribution in [2.24, 2.45) is 0 Å². The van der Waals surface area contributed by atoms with Crippen LogP contribution in [0.3, 0.4) is 0 Å². The molecule has 1 heterocycles. The predicted molar refractivity (Wildman–Crippen MR) is 112 cm³/mol. The smallest absolute Gasteiger partial charge is 0.0631 e. The first-order valence-corrected chi connectivity index (χ1v) is 9.99. The lowest BCUT2D eigenvalue weighted by molar-refractivity contribution is 0.606. The average molecular weight is 338 g/mol. The Hall–Kier alpha value is -0.890. The summed E-state index contributed by atoms with van der Waals surface area (Å²) < 4.78 is 0. The first-order chi connectivity index (χ1) is 11.4. The molecule has 0 saturated heterocycles. The Morgan fingerprint density at radius 1 is 1.00 bits per heavy atom. The topological polar surface area (TPSA) is 12.0 Å². The van der Waals surface area contributed by atoms with E-state index in [0.29, 0.717) is 6.04 Å². The highest BCUT2D eigenvalue weighted by molar-refractivity contribution is 7.83. The molecule has 0 aromatic rings. The van der Waals surface area contributed by atoms with Crippen LogP contribution in [0.25, 0.3) is 0 Å². The van der Waals surface area contributed by atoms with Gasteiger partial charge >= 0.3 is 0 Å². The van der Waals surface area contributed by atoms with E-state index in [-0.39, 0.29) is 0 Å². The Kier molecular flexibility index (Phi) is 22.4. The van der Waals surface area contributed by atoms with Crippen LogP contribution in [0.1, 0.15) is 79.6 Å². The van der Waals surface area contributed by atoms with Gasteiger partial charge in [-0.1, -0.05) is 91.0 Å². The van der Waals surface area contributed by atoms with E-state index in [1.54, 1.807) is 5.41 Å². The Balaban J connectivity index is 0. The van der Waals surface area contributed by atoms with Crippen molar-refractivity contribution in [3.05, 3.63) is 47.6 Å². The summed E-state index contributed by atoms with van der Waals surface area (Å²) in [5, 5.41) is 5.07. The molecule has 1 rings (SSSR count). The highest BCUT2D eigenvalue weighted by atomic mass is 32.1. The molecule has 0 fully saturated rings. The van der Waals surface area contributed by atoms with Crippen LogP contribution in [0.15, 0.2) is 47.6 Å². The molecule has 0 spiro atoms. The maximum absolute atomic E-state index is 4.04. The fourth-order valence-corrected chi connectivity index (χ4v) is 2.32. The van der Waals surface area contributed by atoms with Gasteiger partial charge in [0.2, 0.25) is 0 Å². The van der Waals surface area contributed by atoms with Gasteiger partial charge in [-0.25, -0.2) is 0 Å². The third kappa shape index (κ3) is 15.8. The number of nitrogens with one attached hydrogen (secondary N) is 1. The molecule has 1 unspecified atom stereocenters. The van der Waals surface area contributed by atoms with Gasteiger partial charge in [-0.05, 0) is 36.1 Å². The van der Waals surface area contributed by atoms with E-state index in [1.807, 2.05) is 39.8 Å². The number of allylic oxidation sites excluding steroid dienone is 4. The van der Waals surface area contributed by atoms with Crippen molar-refractivity contribution in [2.75, 3.05) is 0 Å². The largest absolute Gasteiger partial charge is 0.381 e. The van der Waals surface area contributed by atoms with Gasteiger partial charge in [0, 0.05) is 0 Å². The van der Waals surface area contributed by atoms with E-state index >= 15 is 0 Å². The van der Waals surface area contributed by atoms with E-state index in [4.69, 9.17) is 0 Å². The van der Waals surface area contributed by atoms with Crippen molar-refractivity contribution in [2.45, 2.75) is 85.6 Å². The molecule has 0 radical (unpaired) electrons. The average Bonchev–Trinajstić information content (AvgIpc) is 2.62. The molecular formula is C21H39NS. The molecule has 0 aromatic heterocycles. The summed E-state index contributed by atoms with van der Waals surface area (Å²) in [6.45, 7) is 10.3. The molecule has 1 aliphatic heterocycles. The molecular weight excluding hydrogens is 298 g/mol. The Morgan fingerprint density at radius 2 is 1.65 bits per heavy atom. The standard InChI is InChI=1S/C17H27NS.2C2H6/c1-2-3-4-5-6-7-10-16-12-13-18-17(15-16)11-8-9-14-19;2*1-2/h8-9,11-15,17-19H,2-7,10H2,1H3;2*1-2H3/b11-8+,14-9-;;. The molecule has 1 aliphatic rings. The molecule has 134 valence electrons. The van der Waals surface area contributed by atoms with Crippen molar-refractivity contribution >= 4 is 12.6 Å². The minimum atomic E-state index is 0.324. The molecule has 0 aliphatic carbocycles. The molecule has 1 nitrogen and oxygen atoms in total. The van der Waals surface area contributed by atoms with Gasteiger partial charge in [-0.2, -0.15) is 12.6 Å². The van der Waals surface area contributed by atoms with E-state index < -0.39 is 0 Å². The number of hydrogen-bond acceptors (Lipinski definition) is 2. The minimum absolute atomic E-state index is 0.324. The van der Waals surface area contributed by atoms with Crippen LogP contribution in [0.5, 0.6) is 0 Å². The lowest BCUT2D eigenvalue weighted by atomic mass is 10.0. The van der Waals surface area contributed by atoms with Crippen molar-refractivity contribution in [3.63, 3.8) is 0 Å². The monoisotopic (exact) mass is 337 g/mol. The van der Waals surface area contributed by atoms with E-state index in [1.165, 1.54) is 50.5 Å². The number of hydrogen-bond donors (Lipinski definition) is 2. The van der Waals surface area contributed by atoms with Crippen LogP contribution >= 0.6 is 12.6 Å². The highest BCUT2D eigenvalue weighted by Crippen LogP contribution is 2.15. The summed E-state index contributed by atoms with van der Waals surface area (Å²) in [7, 11) is 0. The van der Waals surface area contributed by atoms with Gasteiger partial charge in [0.25, 0.3) is 0 Å². The van der Waals surface area contributed by atoms with Crippen molar-refractivity contribution in [3.8, 4) is 0 Å². The normalized spacial score (nSPS) is 16.3. The number of thiol groups is 1. The van der Waals surface area contributed by atoms with Crippen LogP contribution in [-0.4, -0.2) is 6.04 Å². The van der Waals surface area contributed by atoms with Crippen LogP contribution in [0, 0.1) is 0 Å². The lowest BCUT2D eigenvalue weighted by Crippen LogP contribution is -2.22. The SMILES string of the molecule is CC.CC.CCCCCCCCC1=CC(/C=C/C=C\S)NC=C1. The van der Waals surface area contributed by atoms with E-state index in [0.717, 1.165) is 0 Å². The molecule has 0 amide bonds. The summed E-state index contributed by atoms with van der Waals surface area (Å²) in [5.74, 6) is 0. The lowest BCUT2D eigenvalue weighted by Gasteiger charge is -2.15. The highest BCUT2D eigenvalue weighted by Gasteiger charge is 2.04. The van der Waals surface area contributed by atoms with Gasteiger partial charge in [0.05, 0.1) is 6.04 Å². The Bertz CT molecular complexity index is 340. The fourth-order valence-electron chi connectivity index (χ4n) is 2.22. The number of rotatable bonds is 9. The van der Waals surface area contributed by atoms with Crippen LogP contribution in [0.4, 0.5) is 0 Å². The molecule has 1 N–H and O–H groups in total. The molecule has 0 bridgehead atoms. The van der Waals surface area contributed by atoms with Crippen molar-refractivity contribution in [1.29, 1.82) is 0 Å². The predicted octanol–water partition coefficient (Wildman–Crippen LogP) is 7.20. The second kappa shape index (κ2) is 21.1. The summed E-state index contributed by atoms with van der Waals surface area (Å²) in [6.07, 6.45) is 22.1. The third-order valence-electron chi connectivity index (χ3n) is 3.31. The molecule has 23 heavy (non-hydrogen) atoms. The van der Waals surface area contributed by atoms with Gasteiger partial charge in [0.15, 0.2) is 0 Å². The second-order valence-corrected chi connectivity index (χ2v) is 5.31. The van der Waals surface area contributed by atoms with Crippen LogP contribution in [-0.2, 0) is 0 Å². The zero-order valence-electron chi connectivity index (χ0n) is 16.0. The molecule has 0 aromatic carbocycles. The maximum Gasteiger partial charge on any atom is 0.0631 e. The fraction of sp³-hybridized carbons (Fsp3) is 0.619.